The van der Waals surface area contributed by atoms with Crippen molar-refractivity contribution in [3.05, 3.63) is 93.7 Å². The summed E-state index contributed by atoms with van der Waals surface area (Å²) in [5, 5.41) is 4.92. The van der Waals surface area contributed by atoms with Gasteiger partial charge in [0, 0.05) is 29.0 Å². The lowest BCUT2D eigenvalue weighted by Gasteiger charge is -2.15. The second kappa shape index (κ2) is 10.7. The third-order valence-electron chi connectivity index (χ3n) is 4.94. The minimum Gasteiger partial charge on any atom is -0.493 e. The van der Waals surface area contributed by atoms with Gasteiger partial charge in [-0.2, -0.15) is 9.78 Å². The Balaban J connectivity index is 1.74. The van der Waals surface area contributed by atoms with Crippen LogP contribution in [0.2, 0.25) is 0 Å². The molecule has 3 aromatic carbocycles. The molecule has 0 N–H and O–H groups in total. The molecule has 0 aliphatic heterocycles. The molecule has 0 aliphatic carbocycles. The van der Waals surface area contributed by atoms with Gasteiger partial charge in [0.1, 0.15) is 12.4 Å². The van der Waals surface area contributed by atoms with Gasteiger partial charge >= 0.3 is 0 Å². The van der Waals surface area contributed by atoms with Gasteiger partial charge in [0.25, 0.3) is 5.56 Å². The van der Waals surface area contributed by atoms with Crippen LogP contribution in [0.5, 0.6) is 11.5 Å². The Labute approximate surface area is 229 Å². The average molecular weight is 715 g/mol. The standard InChI is InChI=1S/C24H17Br4N3O3/c1-13-30-21-6-5-16(25)8-19(21)24(32)31(13)29-11-15-7-18(27)10-22(33-2)23(15)34-12-14-3-4-17(26)9-20(14)28/h3-11H,12H2,1-2H3. The van der Waals surface area contributed by atoms with Gasteiger partial charge < -0.3 is 9.47 Å². The number of hydrogen-bond donors (Lipinski definition) is 0. The summed E-state index contributed by atoms with van der Waals surface area (Å²) in [4.78, 5) is 17.6. The highest BCUT2D eigenvalue weighted by Gasteiger charge is 2.14. The van der Waals surface area contributed by atoms with Crippen molar-refractivity contribution < 1.29 is 9.47 Å². The zero-order valence-electron chi connectivity index (χ0n) is 18.0. The highest BCUT2D eigenvalue weighted by molar-refractivity contribution is 9.11. The van der Waals surface area contributed by atoms with E-state index in [9.17, 15) is 4.79 Å². The fourth-order valence-corrected chi connectivity index (χ4v) is 5.27. The Kier molecular flexibility index (Phi) is 7.91. The van der Waals surface area contributed by atoms with Gasteiger partial charge in [-0.3, -0.25) is 4.79 Å². The number of halogens is 4. The van der Waals surface area contributed by atoms with Crippen molar-refractivity contribution in [2.75, 3.05) is 7.11 Å². The Morgan fingerprint density at radius 3 is 2.47 bits per heavy atom. The lowest BCUT2D eigenvalue weighted by Crippen LogP contribution is -2.20. The molecule has 0 radical (unpaired) electrons. The normalized spacial score (nSPS) is 11.4. The molecule has 0 atom stereocenters. The first kappa shape index (κ1) is 25.1. The number of methoxy groups -OCH3 is 1. The maximum Gasteiger partial charge on any atom is 0.282 e. The molecule has 4 rings (SSSR count). The molecular weight excluding hydrogens is 698 g/mol. The van der Waals surface area contributed by atoms with Gasteiger partial charge in [-0.25, -0.2) is 4.98 Å². The summed E-state index contributed by atoms with van der Waals surface area (Å²) < 4.78 is 16.5. The zero-order chi connectivity index (χ0) is 24.4. The molecule has 0 saturated carbocycles. The summed E-state index contributed by atoms with van der Waals surface area (Å²) in [5.74, 6) is 1.51. The summed E-state index contributed by atoms with van der Waals surface area (Å²) in [5.41, 5.74) is 1.96. The number of hydrogen-bond acceptors (Lipinski definition) is 5. The molecule has 6 nitrogen and oxygen atoms in total. The molecule has 4 aromatic rings. The summed E-state index contributed by atoms with van der Waals surface area (Å²) in [6.45, 7) is 2.04. The Morgan fingerprint density at radius 1 is 1.00 bits per heavy atom. The summed E-state index contributed by atoms with van der Waals surface area (Å²) in [6.07, 6.45) is 1.57. The van der Waals surface area contributed by atoms with Crippen LogP contribution in [0.3, 0.4) is 0 Å². The minimum atomic E-state index is -0.261. The molecule has 0 unspecified atom stereocenters. The predicted octanol–water partition coefficient (Wildman–Crippen LogP) is 7.22. The molecule has 174 valence electrons. The van der Waals surface area contributed by atoms with Gasteiger partial charge in [-0.1, -0.05) is 69.8 Å². The fraction of sp³-hybridized carbons (Fsp3) is 0.125. The largest absolute Gasteiger partial charge is 0.493 e. The highest BCUT2D eigenvalue weighted by atomic mass is 79.9. The molecule has 0 saturated heterocycles. The first-order chi connectivity index (χ1) is 16.3. The summed E-state index contributed by atoms with van der Waals surface area (Å²) in [7, 11) is 1.57. The first-order valence-corrected chi connectivity index (χ1v) is 13.1. The smallest absolute Gasteiger partial charge is 0.282 e. The van der Waals surface area contributed by atoms with E-state index < -0.39 is 0 Å². The van der Waals surface area contributed by atoms with Gasteiger partial charge in [0.05, 0.1) is 24.2 Å². The lowest BCUT2D eigenvalue weighted by atomic mass is 10.2. The predicted molar refractivity (Wildman–Crippen MR) is 148 cm³/mol. The molecule has 1 aromatic heterocycles. The first-order valence-electron chi connectivity index (χ1n) is 9.94. The monoisotopic (exact) mass is 711 g/mol. The van der Waals surface area contributed by atoms with Gasteiger partial charge in [0.2, 0.25) is 0 Å². The molecule has 0 amide bonds. The minimum absolute atomic E-state index is 0.261. The topological polar surface area (TPSA) is 65.7 Å². The van der Waals surface area contributed by atoms with E-state index in [2.05, 4.69) is 73.8 Å². The van der Waals surface area contributed by atoms with Crippen molar-refractivity contribution in [3.8, 4) is 11.5 Å². The number of fused-ring (bicyclic) bond motifs is 1. The quantitative estimate of drug-likeness (QED) is 0.198. The Bertz CT molecular complexity index is 1490. The van der Waals surface area contributed by atoms with E-state index in [-0.39, 0.29) is 5.56 Å². The van der Waals surface area contributed by atoms with Gasteiger partial charge in [0.15, 0.2) is 11.5 Å². The van der Waals surface area contributed by atoms with E-state index in [1.54, 1.807) is 32.4 Å². The maximum atomic E-state index is 13.1. The fourth-order valence-electron chi connectivity index (χ4n) is 3.30. The summed E-state index contributed by atoms with van der Waals surface area (Å²) >= 11 is 13.9. The van der Waals surface area contributed by atoms with Crippen LogP contribution >= 0.6 is 63.7 Å². The molecule has 0 aliphatic rings. The number of aryl methyl sites for hydroxylation is 1. The third kappa shape index (κ3) is 5.45. The molecule has 0 fully saturated rings. The maximum absolute atomic E-state index is 13.1. The lowest BCUT2D eigenvalue weighted by molar-refractivity contribution is 0.283. The van der Waals surface area contributed by atoms with Crippen molar-refractivity contribution in [3.63, 3.8) is 0 Å². The highest BCUT2D eigenvalue weighted by Crippen LogP contribution is 2.35. The second-order valence-electron chi connectivity index (χ2n) is 7.23. The van der Waals surface area contributed by atoms with Crippen molar-refractivity contribution >= 4 is 80.8 Å². The van der Waals surface area contributed by atoms with Crippen LogP contribution in [-0.2, 0) is 6.61 Å². The van der Waals surface area contributed by atoms with E-state index in [0.717, 1.165) is 23.5 Å². The van der Waals surface area contributed by atoms with E-state index in [1.807, 2.05) is 36.4 Å². The number of aromatic nitrogens is 2. The number of benzene rings is 3. The van der Waals surface area contributed by atoms with Crippen LogP contribution in [0.1, 0.15) is 17.0 Å². The molecule has 34 heavy (non-hydrogen) atoms. The summed E-state index contributed by atoms with van der Waals surface area (Å²) in [6, 6.07) is 14.9. The van der Waals surface area contributed by atoms with Crippen molar-refractivity contribution in [1.82, 2.24) is 9.66 Å². The van der Waals surface area contributed by atoms with Crippen LogP contribution in [-0.4, -0.2) is 23.0 Å². The van der Waals surface area contributed by atoms with Crippen LogP contribution in [0.25, 0.3) is 10.9 Å². The van der Waals surface area contributed by atoms with Crippen LogP contribution in [0, 0.1) is 6.92 Å². The number of rotatable bonds is 6. The Hall–Kier alpha value is -2.01. The van der Waals surface area contributed by atoms with E-state index >= 15 is 0 Å². The van der Waals surface area contributed by atoms with Crippen molar-refractivity contribution in [2.45, 2.75) is 13.5 Å². The van der Waals surface area contributed by atoms with E-state index in [1.165, 1.54) is 4.68 Å². The molecule has 1 heterocycles. The van der Waals surface area contributed by atoms with Crippen molar-refractivity contribution in [2.24, 2.45) is 5.10 Å². The average Bonchev–Trinajstić information content (AvgIpc) is 2.79. The van der Waals surface area contributed by atoms with Crippen LogP contribution in [0.15, 0.2) is 76.3 Å². The molecule has 0 bridgehead atoms. The number of ether oxygens (including phenoxy) is 2. The van der Waals surface area contributed by atoms with Crippen molar-refractivity contribution in [1.29, 1.82) is 0 Å². The second-order valence-corrected chi connectivity index (χ2v) is 10.8. The SMILES string of the molecule is COc1cc(Br)cc(C=Nn2c(C)nc3ccc(Br)cc3c2=O)c1OCc1ccc(Br)cc1Br. The Morgan fingerprint density at radius 2 is 1.74 bits per heavy atom. The molecule has 10 heteroatoms. The van der Waals surface area contributed by atoms with E-state index in [4.69, 9.17) is 9.47 Å². The third-order valence-corrected chi connectivity index (χ3v) is 7.12. The van der Waals surface area contributed by atoms with Gasteiger partial charge in [-0.05, 0) is 49.4 Å². The number of nitrogens with zero attached hydrogens (tertiary/aromatic N) is 3. The molecule has 0 spiro atoms. The van der Waals surface area contributed by atoms with Crippen LogP contribution < -0.4 is 15.0 Å². The zero-order valence-corrected chi connectivity index (χ0v) is 24.3. The molecular formula is C24H17Br4N3O3. The van der Waals surface area contributed by atoms with Crippen LogP contribution in [0.4, 0.5) is 0 Å². The van der Waals surface area contributed by atoms with E-state index in [0.29, 0.717) is 40.4 Å². The van der Waals surface area contributed by atoms with Gasteiger partial charge in [-0.15, -0.1) is 0 Å².